The van der Waals surface area contributed by atoms with E-state index in [4.69, 9.17) is 0 Å². The highest BCUT2D eigenvalue weighted by atomic mass is 32.1. The lowest BCUT2D eigenvalue weighted by Crippen LogP contribution is -1.97. The van der Waals surface area contributed by atoms with Crippen LogP contribution in [0.5, 0.6) is 0 Å². The SMILES string of the molecule is CC.CC.CCCc1ccc(-c2ccc3cc(/C=C/C(C)CCC(C)CCC)sc3c2F)cc1. The van der Waals surface area contributed by atoms with E-state index >= 15 is 4.39 Å². The summed E-state index contributed by atoms with van der Waals surface area (Å²) >= 11 is 1.56. The Kier molecular flexibility index (Phi) is 14.7. The second-order valence-electron chi connectivity index (χ2n) is 8.75. The van der Waals surface area contributed by atoms with Crippen LogP contribution in [0.4, 0.5) is 4.39 Å². The quantitative estimate of drug-likeness (QED) is 0.269. The number of benzene rings is 2. The molecule has 1 aromatic heterocycles. The fraction of sp³-hybridized carbons (Fsp3) is 0.500. The average molecular weight is 483 g/mol. The third-order valence-corrected chi connectivity index (χ3v) is 7.04. The summed E-state index contributed by atoms with van der Waals surface area (Å²) in [6.45, 7) is 17.1. The lowest BCUT2D eigenvalue weighted by Gasteiger charge is -2.11. The van der Waals surface area contributed by atoms with E-state index in [0.29, 0.717) is 11.5 Å². The summed E-state index contributed by atoms with van der Waals surface area (Å²) < 4.78 is 16.0. The van der Waals surface area contributed by atoms with Crippen molar-refractivity contribution in [1.29, 1.82) is 0 Å². The molecule has 188 valence electrons. The zero-order valence-electron chi connectivity index (χ0n) is 22.9. The van der Waals surface area contributed by atoms with Crippen LogP contribution in [0.25, 0.3) is 27.3 Å². The number of allylic oxidation sites excluding steroid dienone is 1. The Morgan fingerprint density at radius 3 is 2.15 bits per heavy atom. The van der Waals surface area contributed by atoms with E-state index < -0.39 is 0 Å². The van der Waals surface area contributed by atoms with Gasteiger partial charge in [0.2, 0.25) is 0 Å². The summed E-state index contributed by atoms with van der Waals surface area (Å²) in [6, 6.07) is 14.4. The third kappa shape index (κ3) is 9.02. The first-order chi connectivity index (χ1) is 16.5. The largest absolute Gasteiger partial charge is 0.205 e. The van der Waals surface area contributed by atoms with Crippen molar-refractivity contribution < 1.29 is 4.39 Å². The number of hydrogen-bond acceptors (Lipinski definition) is 1. The average Bonchev–Trinajstić information content (AvgIpc) is 3.29. The minimum Gasteiger partial charge on any atom is -0.205 e. The summed E-state index contributed by atoms with van der Waals surface area (Å²) in [7, 11) is 0. The van der Waals surface area contributed by atoms with Gasteiger partial charge in [-0.15, -0.1) is 11.3 Å². The Bertz CT molecular complexity index is 965. The molecule has 3 aromatic rings. The number of thiophene rings is 1. The minimum atomic E-state index is -0.0955. The van der Waals surface area contributed by atoms with E-state index in [1.54, 1.807) is 11.3 Å². The van der Waals surface area contributed by atoms with Crippen LogP contribution < -0.4 is 0 Å². The molecule has 3 rings (SSSR count). The first-order valence-corrected chi connectivity index (χ1v) is 14.3. The van der Waals surface area contributed by atoms with E-state index in [2.05, 4.69) is 64.1 Å². The van der Waals surface area contributed by atoms with Crippen molar-refractivity contribution in [3.8, 4) is 11.1 Å². The highest BCUT2D eigenvalue weighted by molar-refractivity contribution is 7.19. The molecule has 0 spiro atoms. The van der Waals surface area contributed by atoms with Gasteiger partial charge in [-0.1, -0.05) is 124 Å². The Labute approximate surface area is 213 Å². The van der Waals surface area contributed by atoms with Crippen LogP contribution in [0.1, 0.15) is 97.9 Å². The fourth-order valence-electron chi connectivity index (χ4n) is 4.07. The Hall–Kier alpha value is -1.93. The molecule has 0 bridgehead atoms. The molecule has 0 aliphatic carbocycles. The van der Waals surface area contributed by atoms with E-state index in [0.717, 1.165) is 39.3 Å². The molecule has 0 nitrogen and oxygen atoms in total. The Balaban J connectivity index is 0.00000137. The van der Waals surface area contributed by atoms with Crippen molar-refractivity contribution in [2.75, 3.05) is 0 Å². The monoisotopic (exact) mass is 482 g/mol. The maximum atomic E-state index is 15.3. The molecule has 2 unspecified atom stereocenters. The summed E-state index contributed by atoms with van der Waals surface area (Å²) in [5, 5.41) is 0.993. The maximum Gasteiger partial charge on any atom is 0.148 e. The lowest BCUT2D eigenvalue weighted by molar-refractivity contribution is 0.441. The number of fused-ring (bicyclic) bond motifs is 1. The molecule has 0 aliphatic rings. The normalized spacial score (nSPS) is 12.6. The van der Waals surface area contributed by atoms with Crippen molar-refractivity contribution in [1.82, 2.24) is 0 Å². The highest BCUT2D eigenvalue weighted by Gasteiger charge is 2.12. The zero-order valence-corrected chi connectivity index (χ0v) is 23.7. The molecule has 2 heteroatoms. The summed E-state index contributed by atoms with van der Waals surface area (Å²) in [4.78, 5) is 1.13. The number of rotatable bonds is 10. The second-order valence-corrected chi connectivity index (χ2v) is 9.83. The van der Waals surface area contributed by atoms with Crippen molar-refractivity contribution in [3.05, 3.63) is 64.8 Å². The molecule has 0 N–H and O–H groups in total. The van der Waals surface area contributed by atoms with Gasteiger partial charge in [-0.05, 0) is 53.3 Å². The predicted octanol–water partition coefficient (Wildman–Crippen LogP) is 11.6. The standard InChI is InChI=1S/C28H35FS.2C2H6/c1-5-7-20(3)9-10-21(4)11-17-25-19-24-16-18-26(27(29)28(24)30-25)23-14-12-22(8-6-2)13-15-23;2*1-2/h11-21H,5-10H2,1-4H3;2*1-2H3/b17-11+;;. The topological polar surface area (TPSA) is 0 Å². The first kappa shape index (κ1) is 30.1. The van der Waals surface area contributed by atoms with Crippen LogP contribution >= 0.6 is 11.3 Å². The molecular weight excluding hydrogens is 435 g/mol. The highest BCUT2D eigenvalue weighted by Crippen LogP contribution is 2.35. The van der Waals surface area contributed by atoms with Gasteiger partial charge in [0, 0.05) is 10.4 Å². The van der Waals surface area contributed by atoms with Gasteiger partial charge in [-0.25, -0.2) is 4.39 Å². The zero-order chi connectivity index (χ0) is 25.5. The van der Waals surface area contributed by atoms with Gasteiger partial charge < -0.3 is 0 Å². The van der Waals surface area contributed by atoms with Crippen LogP contribution in [0.3, 0.4) is 0 Å². The van der Waals surface area contributed by atoms with E-state index in [1.807, 2.05) is 45.9 Å². The minimum absolute atomic E-state index is 0.0955. The summed E-state index contributed by atoms with van der Waals surface area (Å²) in [5.74, 6) is 1.26. The second kappa shape index (κ2) is 16.7. The van der Waals surface area contributed by atoms with Crippen molar-refractivity contribution >= 4 is 27.5 Å². The maximum absolute atomic E-state index is 15.3. The fourth-order valence-corrected chi connectivity index (χ4v) is 5.09. The van der Waals surface area contributed by atoms with Gasteiger partial charge in [-0.3, -0.25) is 0 Å². The van der Waals surface area contributed by atoms with Crippen LogP contribution in [-0.2, 0) is 6.42 Å². The van der Waals surface area contributed by atoms with Crippen LogP contribution in [0, 0.1) is 17.7 Å². The van der Waals surface area contributed by atoms with Crippen molar-refractivity contribution in [3.63, 3.8) is 0 Å². The molecule has 0 aliphatic heterocycles. The molecule has 34 heavy (non-hydrogen) atoms. The van der Waals surface area contributed by atoms with Gasteiger partial charge in [0.25, 0.3) is 0 Å². The Morgan fingerprint density at radius 1 is 0.853 bits per heavy atom. The lowest BCUT2D eigenvalue weighted by atomic mass is 9.95. The van der Waals surface area contributed by atoms with Crippen LogP contribution in [0.15, 0.2) is 48.5 Å². The van der Waals surface area contributed by atoms with E-state index in [1.165, 1.54) is 31.2 Å². The summed E-state index contributed by atoms with van der Waals surface area (Å²) in [6.07, 6.45) is 11.7. The van der Waals surface area contributed by atoms with E-state index in [9.17, 15) is 0 Å². The molecule has 2 aromatic carbocycles. The van der Waals surface area contributed by atoms with Gasteiger partial charge in [0.1, 0.15) is 5.82 Å². The smallest absolute Gasteiger partial charge is 0.148 e. The van der Waals surface area contributed by atoms with E-state index in [-0.39, 0.29) is 5.82 Å². The third-order valence-electron chi connectivity index (χ3n) is 5.93. The number of hydrogen-bond donors (Lipinski definition) is 0. The van der Waals surface area contributed by atoms with Crippen LogP contribution in [-0.4, -0.2) is 0 Å². The molecule has 0 fully saturated rings. The van der Waals surface area contributed by atoms with Crippen molar-refractivity contribution in [2.45, 2.75) is 93.9 Å². The predicted molar refractivity (Wildman–Crippen MR) is 155 cm³/mol. The summed E-state index contributed by atoms with van der Waals surface area (Å²) in [5.41, 5.74) is 2.96. The molecule has 2 atom stereocenters. The van der Waals surface area contributed by atoms with Gasteiger partial charge in [-0.2, -0.15) is 0 Å². The van der Waals surface area contributed by atoms with Gasteiger partial charge in [0.15, 0.2) is 0 Å². The van der Waals surface area contributed by atoms with Crippen LogP contribution in [0.2, 0.25) is 0 Å². The number of aryl methyl sites for hydroxylation is 1. The molecule has 0 amide bonds. The first-order valence-electron chi connectivity index (χ1n) is 13.5. The molecule has 1 heterocycles. The van der Waals surface area contributed by atoms with Gasteiger partial charge in [0.05, 0.1) is 4.70 Å². The molecule has 0 saturated carbocycles. The molecular formula is C32H47FS. The number of halogens is 1. The molecule has 0 saturated heterocycles. The van der Waals surface area contributed by atoms with Crippen molar-refractivity contribution in [2.24, 2.45) is 11.8 Å². The van der Waals surface area contributed by atoms with Gasteiger partial charge >= 0.3 is 0 Å². The molecule has 0 radical (unpaired) electrons. The Morgan fingerprint density at radius 2 is 1.53 bits per heavy atom.